The first-order chi connectivity index (χ1) is 13.9. The molecule has 1 amide bonds. The molecule has 1 heterocycles. The van der Waals surface area contributed by atoms with Crippen molar-refractivity contribution in [3.05, 3.63) is 71.1 Å². The standard InChI is InChI=1S/C21H21F2N3O3/c1-13-21(24-20(27)10-15-4-7-17(28-3)8-5-15)14(2)26(25-13)12-29-19-9-6-16(22)11-18(19)23/h4-9,11H,10,12H2,1-3H3,(H,24,27). The lowest BCUT2D eigenvalue weighted by atomic mass is 10.1. The van der Waals surface area contributed by atoms with E-state index in [9.17, 15) is 13.6 Å². The summed E-state index contributed by atoms with van der Waals surface area (Å²) in [6.45, 7) is 3.45. The molecule has 6 nitrogen and oxygen atoms in total. The zero-order chi connectivity index (χ0) is 21.0. The topological polar surface area (TPSA) is 65.4 Å². The Morgan fingerprint density at radius 1 is 1.14 bits per heavy atom. The predicted molar refractivity (Wildman–Crippen MR) is 104 cm³/mol. The van der Waals surface area contributed by atoms with E-state index < -0.39 is 11.6 Å². The number of halogens is 2. The van der Waals surface area contributed by atoms with Gasteiger partial charge >= 0.3 is 0 Å². The normalized spacial score (nSPS) is 10.7. The average molecular weight is 401 g/mol. The number of hydrogen-bond donors (Lipinski definition) is 1. The van der Waals surface area contributed by atoms with Crippen LogP contribution in [0.15, 0.2) is 42.5 Å². The quantitative estimate of drug-likeness (QED) is 0.650. The molecular formula is C21H21F2N3O3. The molecule has 1 N–H and O–H groups in total. The lowest BCUT2D eigenvalue weighted by molar-refractivity contribution is -0.115. The maximum atomic E-state index is 13.7. The largest absolute Gasteiger partial charge is 0.497 e. The second-order valence-electron chi connectivity index (χ2n) is 6.47. The third kappa shape index (κ3) is 4.90. The smallest absolute Gasteiger partial charge is 0.228 e. The summed E-state index contributed by atoms with van der Waals surface area (Å²) < 4.78 is 38.7. The van der Waals surface area contributed by atoms with Gasteiger partial charge < -0.3 is 14.8 Å². The highest BCUT2D eigenvalue weighted by molar-refractivity contribution is 5.93. The number of aryl methyl sites for hydroxylation is 1. The van der Waals surface area contributed by atoms with Gasteiger partial charge in [0, 0.05) is 6.07 Å². The van der Waals surface area contributed by atoms with Gasteiger partial charge in [-0.25, -0.2) is 13.5 Å². The van der Waals surface area contributed by atoms with E-state index >= 15 is 0 Å². The van der Waals surface area contributed by atoms with E-state index in [2.05, 4.69) is 10.4 Å². The van der Waals surface area contributed by atoms with Gasteiger partial charge in [-0.15, -0.1) is 0 Å². The molecule has 3 rings (SSSR count). The summed E-state index contributed by atoms with van der Waals surface area (Å²) in [6, 6.07) is 10.3. The fourth-order valence-electron chi connectivity index (χ4n) is 2.84. The summed E-state index contributed by atoms with van der Waals surface area (Å²) in [4.78, 5) is 12.4. The number of rotatable bonds is 7. The Morgan fingerprint density at radius 2 is 1.86 bits per heavy atom. The number of nitrogens with one attached hydrogen (secondary N) is 1. The van der Waals surface area contributed by atoms with E-state index in [4.69, 9.17) is 9.47 Å². The van der Waals surface area contributed by atoms with E-state index in [1.165, 1.54) is 10.7 Å². The highest BCUT2D eigenvalue weighted by atomic mass is 19.1. The summed E-state index contributed by atoms with van der Waals surface area (Å²) >= 11 is 0. The molecule has 3 aromatic rings. The summed E-state index contributed by atoms with van der Waals surface area (Å²) in [7, 11) is 1.58. The fraction of sp³-hybridized carbons (Fsp3) is 0.238. The van der Waals surface area contributed by atoms with Crippen LogP contribution in [0.5, 0.6) is 11.5 Å². The summed E-state index contributed by atoms with van der Waals surface area (Å²) in [5.41, 5.74) is 2.69. The van der Waals surface area contributed by atoms with Crippen molar-refractivity contribution in [1.82, 2.24) is 9.78 Å². The molecule has 0 radical (unpaired) electrons. The van der Waals surface area contributed by atoms with Crippen molar-refractivity contribution in [3.8, 4) is 11.5 Å². The molecule has 8 heteroatoms. The molecule has 0 unspecified atom stereocenters. The van der Waals surface area contributed by atoms with Gasteiger partial charge in [-0.05, 0) is 43.7 Å². The Balaban J connectivity index is 1.65. The van der Waals surface area contributed by atoms with Gasteiger partial charge in [-0.2, -0.15) is 5.10 Å². The molecule has 152 valence electrons. The first-order valence-corrected chi connectivity index (χ1v) is 8.92. The first-order valence-electron chi connectivity index (χ1n) is 8.92. The summed E-state index contributed by atoms with van der Waals surface area (Å²) in [5, 5.41) is 7.18. The molecule has 0 saturated carbocycles. The highest BCUT2D eigenvalue weighted by Crippen LogP contribution is 2.22. The summed E-state index contributed by atoms with van der Waals surface area (Å²) in [5.74, 6) is -1.02. The second kappa shape index (κ2) is 8.72. The minimum atomic E-state index is -0.792. The molecule has 0 spiro atoms. The molecule has 0 aliphatic carbocycles. The number of ether oxygens (including phenoxy) is 2. The van der Waals surface area contributed by atoms with Crippen LogP contribution in [-0.2, 0) is 17.9 Å². The Hall–Kier alpha value is -3.42. The molecular weight excluding hydrogens is 380 g/mol. The van der Waals surface area contributed by atoms with Crippen LogP contribution in [0, 0.1) is 25.5 Å². The third-order valence-corrected chi connectivity index (χ3v) is 4.41. The van der Waals surface area contributed by atoms with Crippen LogP contribution in [0.25, 0.3) is 0 Å². The van der Waals surface area contributed by atoms with Crippen LogP contribution in [-0.4, -0.2) is 22.8 Å². The molecule has 0 aliphatic heterocycles. The van der Waals surface area contributed by atoms with E-state index in [1.54, 1.807) is 33.1 Å². The van der Waals surface area contributed by atoms with Crippen LogP contribution >= 0.6 is 0 Å². The Morgan fingerprint density at radius 3 is 2.52 bits per heavy atom. The number of amides is 1. The maximum Gasteiger partial charge on any atom is 0.228 e. The van der Waals surface area contributed by atoms with Crippen LogP contribution in [0.3, 0.4) is 0 Å². The lowest BCUT2D eigenvalue weighted by Gasteiger charge is -2.10. The predicted octanol–water partition coefficient (Wildman–Crippen LogP) is 4.00. The Bertz CT molecular complexity index is 1020. The van der Waals surface area contributed by atoms with E-state index in [-0.39, 0.29) is 24.8 Å². The van der Waals surface area contributed by atoms with Crippen LogP contribution in [0.4, 0.5) is 14.5 Å². The molecule has 0 bridgehead atoms. The number of methoxy groups -OCH3 is 1. The van der Waals surface area contributed by atoms with Gasteiger partial charge in [0.2, 0.25) is 5.91 Å². The zero-order valence-corrected chi connectivity index (χ0v) is 16.3. The van der Waals surface area contributed by atoms with Gasteiger partial charge in [0.1, 0.15) is 11.6 Å². The first kappa shape index (κ1) is 20.3. The molecule has 0 atom stereocenters. The Kier molecular flexibility index (Phi) is 6.11. The molecule has 29 heavy (non-hydrogen) atoms. The number of carbonyl (C=O) groups excluding carboxylic acids is 1. The van der Waals surface area contributed by atoms with Crippen molar-refractivity contribution in [2.75, 3.05) is 12.4 Å². The molecule has 0 saturated heterocycles. The van der Waals surface area contributed by atoms with Gasteiger partial charge in [0.15, 0.2) is 18.3 Å². The SMILES string of the molecule is COc1ccc(CC(=O)Nc2c(C)nn(COc3ccc(F)cc3F)c2C)cc1. The van der Waals surface area contributed by atoms with Gasteiger partial charge in [0.05, 0.1) is 30.6 Å². The van der Waals surface area contributed by atoms with Gasteiger partial charge in [0.25, 0.3) is 0 Å². The van der Waals surface area contributed by atoms with Crippen molar-refractivity contribution in [2.24, 2.45) is 0 Å². The molecule has 0 fully saturated rings. The minimum absolute atomic E-state index is 0.0796. The number of hydrogen-bond acceptors (Lipinski definition) is 4. The van der Waals surface area contributed by atoms with Crippen LogP contribution in [0.2, 0.25) is 0 Å². The molecule has 0 aliphatic rings. The third-order valence-electron chi connectivity index (χ3n) is 4.41. The van der Waals surface area contributed by atoms with E-state index in [1.807, 2.05) is 12.1 Å². The lowest BCUT2D eigenvalue weighted by Crippen LogP contribution is -2.16. The number of carbonyl (C=O) groups is 1. The van der Waals surface area contributed by atoms with Crippen LogP contribution < -0.4 is 14.8 Å². The van der Waals surface area contributed by atoms with Crippen molar-refractivity contribution >= 4 is 11.6 Å². The van der Waals surface area contributed by atoms with Crippen LogP contribution in [0.1, 0.15) is 17.0 Å². The van der Waals surface area contributed by atoms with Crippen molar-refractivity contribution in [3.63, 3.8) is 0 Å². The number of nitrogens with zero attached hydrogens (tertiary/aromatic N) is 2. The van der Waals surface area contributed by atoms with Crippen molar-refractivity contribution in [2.45, 2.75) is 27.0 Å². The number of aromatic nitrogens is 2. The fourth-order valence-corrected chi connectivity index (χ4v) is 2.84. The van der Waals surface area contributed by atoms with Gasteiger partial charge in [-0.1, -0.05) is 12.1 Å². The highest BCUT2D eigenvalue weighted by Gasteiger charge is 2.15. The Labute approximate surface area is 167 Å². The van der Waals surface area contributed by atoms with Gasteiger partial charge in [-0.3, -0.25) is 4.79 Å². The van der Waals surface area contributed by atoms with Crippen molar-refractivity contribution < 1.29 is 23.0 Å². The zero-order valence-electron chi connectivity index (χ0n) is 16.3. The number of anilines is 1. The monoisotopic (exact) mass is 401 g/mol. The molecule has 1 aromatic heterocycles. The van der Waals surface area contributed by atoms with E-state index in [0.717, 1.165) is 23.4 Å². The summed E-state index contributed by atoms with van der Waals surface area (Å²) in [6.07, 6.45) is 0.200. The van der Waals surface area contributed by atoms with Crippen molar-refractivity contribution in [1.29, 1.82) is 0 Å². The molecule has 2 aromatic carbocycles. The average Bonchev–Trinajstić information content (AvgIpc) is 2.95. The second-order valence-corrected chi connectivity index (χ2v) is 6.47. The van der Waals surface area contributed by atoms with E-state index in [0.29, 0.717) is 17.1 Å². The minimum Gasteiger partial charge on any atom is -0.497 e. The maximum absolute atomic E-state index is 13.7. The number of benzene rings is 2.